The quantitative estimate of drug-likeness (QED) is 0.839. The molecule has 0 unspecified atom stereocenters. The van der Waals surface area contributed by atoms with Crippen molar-refractivity contribution < 1.29 is 4.74 Å². The third kappa shape index (κ3) is 1.83. The molecule has 0 aromatic carbocycles. The molecule has 1 saturated carbocycles. The summed E-state index contributed by atoms with van der Waals surface area (Å²) in [7, 11) is 0. The zero-order chi connectivity index (χ0) is 11.4. The maximum atomic E-state index is 6.16. The van der Waals surface area contributed by atoms with Crippen molar-refractivity contribution >= 4 is 27.3 Å². The molecule has 0 spiro atoms. The predicted molar refractivity (Wildman–Crippen MR) is 70.4 cm³/mol. The Hall–Kier alpha value is -0.130. The van der Waals surface area contributed by atoms with Gasteiger partial charge in [0.15, 0.2) is 0 Å². The van der Waals surface area contributed by atoms with Crippen LogP contribution in [0.3, 0.4) is 0 Å². The van der Waals surface area contributed by atoms with Gasteiger partial charge in [0.05, 0.1) is 9.98 Å². The first-order valence-electron chi connectivity index (χ1n) is 6.28. The van der Waals surface area contributed by atoms with Gasteiger partial charge in [0.1, 0.15) is 6.10 Å². The van der Waals surface area contributed by atoms with Crippen LogP contribution in [0, 0.1) is 17.8 Å². The molecule has 1 aromatic heterocycles. The van der Waals surface area contributed by atoms with Gasteiger partial charge in [0.25, 0.3) is 5.19 Å². The molecule has 3 nitrogen and oxygen atoms in total. The molecule has 3 saturated heterocycles. The second kappa shape index (κ2) is 3.93. The number of halogens is 1. The zero-order valence-corrected chi connectivity index (χ0v) is 11.9. The van der Waals surface area contributed by atoms with E-state index in [0.29, 0.717) is 6.10 Å². The summed E-state index contributed by atoms with van der Waals surface area (Å²) in [5.41, 5.74) is 0. The maximum Gasteiger partial charge on any atom is 0.274 e. The zero-order valence-electron chi connectivity index (χ0n) is 9.51. The number of aromatic nitrogens is 1. The average Bonchev–Trinajstić information content (AvgIpc) is 2.68. The van der Waals surface area contributed by atoms with E-state index in [9.17, 15) is 0 Å². The van der Waals surface area contributed by atoms with Gasteiger partial charge in [0.2, 0.25) is 0 Å². The summed E-state index contributed by atoms with van der Waals surface area (Å²) < 4.78 is 7.22. The molecule has 5 rings (SSSR count). The van der Waals surface area contributed by atoms with Gasteiger partial charge in [-0.1, -0.05) is 11.3 Å². The minimum atomic E-state index is 0.417. The van der Waals surface area contributed by atoms with Crippen LogP contribution < -0.4 is 4.74 Å². The summed E-state index contributed by atoms with van der Waals surface area (Å²) in [4.78, 5) is 6.93. The molecule has 4 heterocycles. The molecule has 4 aliphatic rings. The maximum absolute atomic E-state index is 6.16. The lowest BCUT2D eigenvalue weighted by Crippen LogP contribution is -2.61. The van der Waals surface area contributed by atoms with Gasteiger partial charge in [-0.05, 0) is 34.7 Å². The molecular weight excluding hydrogens is 300 g/mol. The number of hydrogen-bond donors (Lipinski definition) is 0. The van der Waals surface area contributed by atoms with Crippen molar-refractivity contribution in [3.8, 4) is 5.19 Å². The van der Waals surface area contributed by atoms with E-state index < -0.39 is 0 Å². The average molecular weight is 315 g/mol. The van der Waals surface area contributed by atoms with E-state index in [-0.39, 0.29) is 0 Å². The number of nitrogens with zero attached hydrogens (tertiary/aromatic N) is 2. The first-order valence-corrected chi connectivity index (χ1v) is 7.89. The molecule has 4 fully saturated rings. The largest absolute Gasteiger partial charge is 0.466 e. The molecule has 4 bridgehead atoms. The van der Waals surface area contributed by atoms with Crippen LogP contribution in [0.15, 0.2) is 9.98 Å². The van der Waals surface area contributed by atoms with Crippen LogP contribution in [0.25, 0.3) is 0 Å². The predicted octanol–water partition coefficient (Wildman–Crippen LogP) is 2.62. The lowest BCUT2D eigenvalue weighted by atomic mass is 9.66. The second-order valence-corrected chi connectivity index (χ2v) is 7.96. The van der Waals surface area contributed by atoms with Gasteiger partial charge in [-0.25, -0.2) is 4.98 Å². The molecular formula is C12H15BrN2OS. The van der Waals surface area contributed by atoms with Gasteiger partial charge < -0.3 is 9.64 Å². The highest BCUT2D eigenvalue weighted by Crippen LogP contribution is 2.45. The summed E-state index contributed by atoms with van der Waals surface area (Å²) in [5.74, 6) is 2.42. The summed E-state index contributed by atoms with van der Waals surface area (Å²) in [5, 5.41) is 0.837. The highest BCUT2D eigenvalue weighted by Gasteiger charge is 2.48. The van der Waals surface area contributed by atoms with E-state index in [1.54, 1.807) is 11.3 Å². The van der Waals surface area contributed by atoms with Gasteiger partial charge in [-0.2, -0.15) is 0 Å². The van der Waals surface area contributed by atoms with Crippen molar-refractivity contribution in [2.45, 2.75) is 18.9 Å². The monoisotopic (exact) mass is 314 g/mol. The number of thiazole rings is 1. The van der Waals surface area contributed by atoms with Crippen molar-refractivity contribution in [1.82, 2.24) is 9.88 Å². The Morgan fingerprint density at radius 3 is 2.65 bits per heavy atom. The number of rotatable bonds is 2. The van der Waals surface area contributed by atoms with Crippen LogP contribution in [0.5, 0.6) is 5.19 Å². The highest BCUT2D eigenvalue weighted by atomic mass is 79.9. The summed E-state index contributed by atoms with van der Waals surface area (Å²) >= 11 is 5.04. The molecule has 2 atom stereocenters. The van der Waals surface area contributed by atoms with Crippen LogP contribution in [0.1, 0.15) is 12.8 Å². The van der Waals surface area contributed by atoms with Gasteiger partial charge in [0, 0.05) is 31.5 Å². The van der Waals surface area contributed by atoms with E-state index in [2.05, 4.69) is 25.8 Å². The molecule has 0 amide bonds. The Kier molecular flexibility index (Phi) is 2.49. The van der Waals surface area contributed by atoms with Crippen molar-refractivity contribution in [2.24, 2.45) is 17.8 Å². The summed E-state index contributed by atoms with van der Waals surface area (Å²) in [6, 6.07) is 0. The van der Waals surface area contributed by atoms with Crippen LogP contribution in [-0.4, -0.2) is 35.6 Å². The van der Waals surface area contributed by atoms with Crippen LogP contribution >= 0.6 is 27.3 Å². The molecule has 17 heavy (non-hydrogen) atoms. The van der Waals surface area contributed by atoms with Crippen molar-refractivity contribution in [1.29, 1.82) is 0 Å². The Balaban J connectivity index is 1.54. The van der Waals surface area contributed by atoms with Gasteiger partial charge in [-0.15, -0.1) is 0 Å². The fourth-order valence-corrected chi connectivity index (χ4v) is 5.02. The first kappa shape index (κ1) is 10.8. The van der Waals surface area contributed by atoms with Crippen molar-refractivity contribution in [2.75, 3.05) is 19.6 Å². The Labute approximate surface area is 113 Å². The highest BCUT2D eigenvalue weighted by molar-refractivity contribution is 9.11. The summed E-state index contributed by atoms with van der Waals surface area (Å²) in [6.07, 6.45) is 4.98. The first-order chi connectivity index (χ1) is 8.28. The third-order valence-electron chi connectivity index (χ3n) is 4.40. The smallest absolute Gasteiger partial charge is 0.274 e. The van der Waals surface area contributed by atoms with Crippen LogP contribution in [-0.2, 0) is 0 Å². The van der Waals surface area contributed by atoms with Gasteiger partial charge in [-0.3, -0.25) is 0 Å². The van der Waals surface area contributed by atoms with Crippen molar-refractivity contribution in [3.63, 3.8) is 0 Å². The van der Waals surface area contributed by atoms with E-state index in [1.807, 2.05) is 6.20 Å². The van der Waals surface area contributed by atoms with E-state index in [4.69, 9.17) is 4.74 Å². The van der Waals surface area contributed by atoms with E-state index in [1.165, 1.54) is 32.5 Å². The Bertz CT molecular complexity index is 408. The Morgan fingerprint density at radius 2 is 2.06 bits per heavy atom. The number of piperidine rings is 3. The minimum absolute atomic E-state index is 0.417. The normalized spacial score (nSPS) is 43.0. The SMILES string of the molecule is Brc1cnc(OC2[C@H]3CC4C[C@H]2CN(C4)C3)s1. The fraction of sp³-hybridized carbons (Fsp3) is 0.750. The second-order valence-electron chi connectivity index (χ2n) is 5.59. The number of hydrogen-bond acceptors (Lipinski definition) is 4. The Morgan fingerprint density at radius 1 is 1.29 bits per heavy atom. The van der Waals surface area contributed by atoms with Crippen LogP contribution in [0.4, 0.5) is 0 Å². The molecule has 1 aliphatic carbocycles. The van der Waals surface area contributed by atoms with Crippen molar-refractivity contribution in [3.05, 3.63) is 9.98 Å². The molecule has 3 aliphatic heterocycles. The number of ether oxygens (including phenoxy) is 1. The molecule has 1 aromatic rings. The summed E-state index contributed by atoms with van der Waals surface area (Å²) in [6.45, 7) is 3.82. The lowest BCUT2D eigenvalue weighted by Gasteiger charge is -2.55. The molecule has 0 radical (unpaired) electrons. The standard InChI is InChI=1S/C12H15BrN2OS/c13-10-3-14-12(17-10)16-11-8-1-7-2-9(11)6-15(4-7)5-8/h3,7-9,11H,1-2,4-6H2/t7?,8-,9-,11?/m0/s1. The molecule has 5 heteroatoms. The fourth-order valence-electron chi connectivity index (χ4n) is 3.97. The van der Waals surface area contributed by atoms with E-state index in [0.717, 1.165) is 26.7 Å². The minimum Gasteiger partial charge on any atom is -0.466 e. The van der Waals surface area contributed by atoms with E-state index >= 15 is 0 Å². The van der Waals surface area contributed by atoms with Gasteiger partial charge >= 0.3 is 0 Å². The third-order valence-corrected chi connectivity index (χ3v) is 5.76. The molecule has 0 N–H and O–H groups in total. The lowest BCUT2D eigenvalue weighted by molar-refractivity contribution is -0.0985. The topological polar surface area (TPSA) is 25.4 Å². The molecule has 92 valence electrons. The van der Waals surface area contributed by atoms with Crippen LogP contribution in [0.2, 0.25) is 0 Å².